The van der Waals surface area contributed by atoms with Gasteiger partial charge in [-0.1, -0.05) is 11.6 Å². The molecule has 1 aromatic carbocycles. The summed E-state index contributed by atoms with van der Waals surface area (Å²) in [5.41, 5.74) is 0. The van der Waals surface area contributed by atoms with Crippen LogP contribution < -0.4 is 0 Å². The number of hydrogen-bond acceptors (Lipinski definition) is 4. The summed E-state index contributed by atoms with van der Waals surface area (Å²) in [5, 5.41) is 9.01. The molecule has 1 fully saturated rings. The molecule has 0 amide bonds. The maximum absolute atomic E-state index is 13.8. The highest BCUT2D eigenvalue weighted by Gasteiger charge is 2.30. The van der Waals surface area contributed by atoms with Crippen molar-refractivity contribution < 1.29 is 17.9 Å². The Hall–Kier alpha value is -0.730. The van der Waals surface area contributed by atoms with Crippen molar-refractivity contribution >= 4 is 21.6 Å². The second-order valence-electron chi connectivity index (χ2n) is 4.54. The van der Waals surface area contributed by atoms with Crippen LogP contribution in [0.5, 0.6) is 0 Å². The lowest BCUT2D eigenvalue weighted by atomic mass is 10.3. The summed E-state index contributed by atoms with van der Waals surface area (Å²) in [7, 11) is -3.84. The summed E-state index contributed by atoms with van der Waals surface area (Å²) in [4.78, 5) is 1.61. The molecule has 2 rings (SSSR count). The molecule has 20 heavy (non-hydrogen) atoms. The maximum atomic E-state index is 13.8. The second-order valence-corrected chi connectivity index (χ2v) is 6.89. The van der Waals surface area contributed by atoms with E-state index in [9.17, 15) is 12.8 Å². The molecule has 0 spiro atoms. The van der Waals surface area contributed by atoms with Gasteiger partial charge in [0.25, 0.3) is 0 Å². The van der Waals surface area contributed by atoms with Crippen molar-refractivity contribution in [1.82, 2.24) is 9.21 Å². The van der Waals surface area contributed by atoms with Gasteiger partial charge in [-0.25, -0.2) is 12.8 Å². The van der Waals surface area contributed by atoms with Crippen LogP contribution in [0, 0.1) is 5.82 Å². The van der Waals surface area contributed by atoms with E-state index in [1.807, 2.05) is 4.90 Å². The van der Waals surface area contributed by atoms with Crippen LogP contribution in [-0.2, 0) is 10.0 Å². The normalized spacial score (nSPS) is 18.4. The molecular formula is C12H16ClFN2O3S. The topological polar surface area (TPSA) is 60.9 Å². The van der Waals surface area contributed by atoms with Crippen LogP contribution >= 0.6 is 11.6 Å². The molecule has 1 saturated heterocycles. The van der Waals surface area contributed by atoms with Gasteiger partial charge in [-0.2, -0.15) is 4.31 Å². The van der Waals surface area contributed by atoms with Gasteiger partial charge >= 0.3 is 0 Å². The number of aliphatic hydroxyl groups is 1. The number of β-amino-alcohol motifs (C(OH)–C–C–N with tert-alkyl or cyclic N) is 1. The molecule has 0 aliphatic carbocycles. The van der Waals surface area contributed by atoms with E-state index < -0.39 is 15.8 Å². The van der Waals surface area contributed by atoms with E-state index in [2.05, 4.69) is 0 Å². The molecule has 1 heterocycles. The number of halogens is 2. The minimum absolute atomic E-state index is 0.0402. The van der Waals surface area contributed by atoms with Crippen molar-refractivity contribution in [2.24, 2.45) is 0 Å². The third-order valence-electron chi connectivity index (χ3n) is 3.26. The van der Waals surface area contributed by atoms with Crippen molar-refractivity contribution in [3.63, 3.8) is 0 Å². The Kier molecular flexibility index (Phi) is 4.98. The van der Waals surface area contributed by atoms with Crippen LogP contribution in [0.15, 0.2) is 23.1 Å². The van der Waals surface area contributed by atoms with Gasteiger partial charge in [-0.05, 0) is 18.2 Å². The Labute approximate surface area is 122 Å². The highest BCUT2D eigenvalue weighted by molar-refractivity contribution is 7.89. The number of aliphatic hydroxyl groups excluding tert-OH is 1. The quantitative estimate of drug-likeness (QED) is 0.890. The zero-order valence-electron chi connectivity index (χ0n) is 10.8. The van der Waals surface area contributed by atoms with Crippen molar-refractivity contribution in [3.8, 4) is 0 Å². The maximum Gasteiger partial charge on any atom is 0.246 e. The molecule has 1 aromatic rings. The molecule has 0 bridgehead atoms. The fourth-order valence-electron chi connectivity index (χ4n) is 2.16. The Morgan fingerprint density at radius 3 is 2.45 bits per heavy atom. The van der Waals surface area contributed by atoms with Gasteiger partial charge in [0.15, 0.2) is 0 Å². The SMILES string of the molecule is O=S(=O)(c1ccc(Cl)cc1F)N1CCN(CCO)CC1. The van der Waals surface area contributed by atoms with Gasteiger partial charge in [-0.3, -0.25) is 4.90 Å². The van der Waals surface area contributed by atoms with Gasteiger partial charge in [0.05, 0.1) is 6.61 Å². The number of sulfonamides is 1. The first kappa shape index (κ1) is 15.7. The molecule has 0 radical (unpaired) electrons. The van der Waals surface area contributed by atoms with Crippen molar-refractivity contribution in [2.75, 3.05) is 39.3 Å². The van der Waals surface area contributed by atoms with Crippen LogP contribution in [0.1, 0.15) is 0 Å². The third kappa shape index (κ3) is 3.29. The molecule has 8 heteroatoms. The van der Waals surface area contributed by atoms with E-state index in [4.69, 9.17) is 16.7 Å². The Morgan fingerprint density at radius 1 is 1.25 bits per heavy atom. The summed E-state index contributed by atoms with van der Waals surface area (Å²) in [6.45, 7) is 2.17. The second kappa shape index (κ2) is 6.36. The van der Waals surface area contributed by atoms with E-state index in [1.165, 1.54) is 16.4 Å². The number of hydrogen-bond donors (Lipinski definition) is 1. The fraction of sp³-hybridized carbons (Fsp3) is 0.500. The smallest absolute Gasteiger partial charge is 0.246 e. The van der Waals surface area contributed by atoms with Crippen molar-refractivity contribution in [1.29, 1.82) is 0 Å². The summed E-state index contributed by atoms with van der Waals surface area (Å²) in [6.07, 6.45) is 0. The van der Waals surface area contributed by atoms with Crippen molar-refractivity contribution in [3.05, 3.63) is 29.0 Å². The van der Waals surface area contributed by atoms with Crippen molar-refractivity contribution in [2.45, 2.75) is 4.90 Å². The summed E-state index contributed by atoms with van der Waals surface area (Å²) in [6, 6.07) is 3.54. The van der Waals surface area contributed by atoms with Crippen LogP contribution in [0.25, 0.3) is 0 Å². The first-order chi connectivity index (χ1) is 9.45. The Bertz CT molecular complexity index is 574. The van der Waals surface area contributed by atoms with Gasteiger partial charge in [-0.15, -0.1) is 0 Å². The number of rotatable bonds is 4. The lowest BCUT2D eigenvalue weighted by Gasteiger charge is -2.33. The molecule has 0 unspecified atom stereocenters. The van der Waals surface area contributed by atoms with Crippen LogP contribution in [0.4, 0.5) is 4.39 Å². The predicted octanol–water partition coefficient (Wildman–Crippen LogP) is 0.778. The molecule has 1 aliphatic heterocycles. The lowest BCUT2D eigenvalue weighted by Crippen LogP contribution is -2.49. The zero-order valence-corrected chi connectivity index (χ0v) is 12.4. The van der Waals surface area contributed by atoms with E-state index in [0.717, 1.165) is 6.07 Å². The molecule has 0 atom stereocenters. The molecule has 0 saturated carbocycles. The van der Waals surface area contributed by atoms with E-state index in [-0.39, 0.29) is 29.6 Å². The molecule has 0 aromatic heterocycles. The lowest BCUT2D eigenvalue weighted by molar-refractivity contribution is 0.151. The van der Waals surface area contributed by atoms with E-state index in [1.54, 1.807) is 0 Å². The molecular weight excluding hydrogens is 307 g/mol. The molecule has 1 N–H and O–H groups in total. The summed E-state index contributed by atoms with van der Waals surface area (Å²) in [5.74, 6) is -0.838. The monoisotopic (exact) mass is 322 g/mol. The Balaban J connectivity index is 2.15. The Morgan fingerprint density at radius 2 is 1.90 bits per heavy atom. The van der Waals surface area contributed by atoms with E-state index in [0.29, 0.717) is 19.6 Å². The standard InChI is InChI=1S/C12H16ClFN2O3S/c13-10-1-2-12(11(14)9-10)20(18,19)16-5-3-15(4-6-16)7-8-17/h1-2,9,17H,3-8H2. The largest absolute Gasteiger partial charge is 0.395 e. The first-order valence-corrected chi connectivity index (χ1v) is 8.05. The fourth-order valence-corrected chi connectivity index (χ4v) is 3.78. The third-order valence-corrected chi connectivity index (χ3v) is 5.43. The highest BCUT2D eigenvalue weighted by Crippen LogP contribution is 2.23. The van der Waals surface area contributed by atoms with Gasteiger partial charge in [0.1, 0.15) is 10.7 Å². The number of piperazine rings is 1. The minimum Gasteiger partial charge on any atom is -0.395 e. The molecule has 5 nitrogen and oxygen atoms in total. The predicted molar refractivity (Wildman–Crippen MR) is 73.7 cm³/mol. The van der Waals surface area contributed by atoms with Gasteiger partial charge in [0, 0.05) is 37.7 Å². The molecule has 1 aliphatic rings. The molecule has 112 valence electrons. The average molecular weight is 323 g/mol. The van der Waals surface area contributed by atoms with E-state index >= 15 is 0 Å². The average Bonchev–Trinajstić information content (AvgIpc) is 2.39. The summed E-state index contributed by atoms with van der Waals surface area (Å²) < 4.78 is 39.7. The van der Waals surface area contributed by atoms with Crippen LogP contribution in [-0.4, -0.2) is 62.1 Å². The number of benzene rings is 1. The van der Waals surface area contributed by atoms with Crippen LogP contribution in [0.3, 0.4) is 0 Å². The van der Waals surface area contributed by atoms with Gasteiger partial charge < -0.3 is 5.11 Å². The minimum atomic E-state index is -3.84. The van der Waals surface area contributed by atoms with Crippen LogP contribution in [0.2, 0.25) is 5.02 Å². The highest BCUT2D eigenvalue weighted by atomic mass is 35.5. The zero-order chi connectivity index (χ0) is 14.8. The first-order valence-electron chi connectivity index (χ1n) is 6.23. The van der Waals surface area contributed by atoms with Gasteiger partial charge in [0.2, 0.25) is 10.0 Å². The number of nitrogens with zero attached hydrogens (tertiary/aromatic N) is 2. The summed E-state index contributed by atoms with van der Waals surface area (Å²) >= 11 is 5.63.